The molecule has 0 aromatic heterocycles. The summed E-state index contributed by atoms with van der Waals surface area (Å²) in [5, 5.41) is 11.0. The van der Waals surface area contributed by atoms with Crippen LogP contribution in [-0.2, 0) is 25.4 Å². The molecule has 1 aliphatic rings. The van der Waals surface area contributed by atoms with E-state index in [1.54, 1.807) is 65.8 Å². The molecule has 48 heavy (non-hydrogen) atoms. The fourth-order valence-corrected chi connectivity index (χ4v) is 4.89. The van der Waals surface area contributed by atoms with Crippen molar-refractivity contribution in [3.05, 3.63) is 94.0 Å². The van der Waals surface area contributed by atoms with Crippen molar-refractivity contribution in [1.29, 1.82) is 0 Å². The Morgan fingerprint density at radius 1 is 0.812 bits per heavy atom. The maximum absolute atomic E-state index is 13.9. The van der Waals surface area contributed by atoms with Crippen molar-refractivity contribution in [2.24, 2.45) is 0 Å². The smallest absolute Gasteiger partial charge is 0.444 e. The van der Waals surface area contributed by atoms with E-state index in [2.05, 4.69) is 0 Å². The zero-order valence-corrected chi connectivity index (χ0v) is 27.2. The van der Waals surface area contributed by atoms with Gasteiger partial charge in [0.15, 0.2) is 23.8 Å². The second-order valence-electron chi connectivity index (χ2n) is 13.0. The highest BCUT2D eigenvalue weighted by molar-refractivity contribution is 5.71. The number of benzene rings is 3. The molecule has 0 N–H and O–H groups in total. The SMILES string of the molecule is CC(C)(C)OC(=O)O[C@H]1CN(C(=O)OC(C)(C)C)[C@@H](Cc2ccc(-c3ccc(F)c(F)c3)cc2)[C@@H]1OC(=O)Oc1ccc([N+](=O)[O-])cc1. The molecular formula is C34H36F2N2O10. The van der Waals surface area contributed by atoms with Crippen molar-refractivity contribution in [3.63, 3.8) is 0 Å². The lowest BCUT2D eigenvalue weighted by atomic mass is 9.98. The zero-order valence-electron chi connectivity index (χ0n) is 27.2. The molecule has 0 saturated carbocycles. The van der Waals surface area contributed by atoms with Crippen LogP contribution >= 0.6 is 0 Å². The van der Waals surface area contributed by atoms with Gasteiger partial charge in [-0.3, -0.25) is 15.0 Å². The summed E-state index contributed by atoms with van der Waals surface area (Å²) in [6, 6.07) is 14.1. The van der Waals surface area contributed by atoms with Gasteiger partial charge in [0.1, 0.15) is 17.0 Å². The summed E-state index contributed by atoms with van der Waals surface area (Å²) in [5.74, 6) is -2.02. The minimum atomic E-state index is -1.29. The van der Waals surface area contributed by atoms with E-state index in [1.165, 1.54) is 23.1 Å². The summed E-state index contributed by atoms with van der Waals surface area (Å²) >= 11 is 0. The highest BCUT2D eigenvalue weighted by Gasteiger charge is 2.50. The first kappa shape index (κ1) is 35.6. The molecule has 1 aliphatic heterocycles. The normalized spacial score (nSPS) is 17.8. The summed E-state index contributed by atoms with van der Waals surface area (Å²) in [6.45, 7) is 9.71. The predicted molar refractivity (Wildman–Crippen MR) is 167 cm³/mol. The van der Waals surface area contributed by atoms with E-state index in [1.807, 2.05) is 0 Å². The lowest BCUT2D eigenvalue weighted by Crippen LogP contribution is -2.45. The molecule has 0 spiro atoms. The van der Waals surface area contributed by atoms with Crippen molar-refractivity contribution in [2.45, 2.75) is 77.4 Å². The van der Waals surface area contributed by atoms with Gasteiger partial charge in [-0.25, -0.2) is 23.2 Å². The second-order valence-corrected chi connectivity index (χ2v) is 13.0. The Bertz CT molecular complexity index is 1650. The third kappa shape index (κ3) is 9.62. The van der Waals surface area contributed by atoms with Crippen molar-refractivity contribution >= 4 is 24.1 Å². The number of hydrogen-bond acceptors (Lipinski definition) is 10. The van der Waals surface area contributed by atoms with Gasteiger partial charge in [-0.15, -0.1) is 0 Å². The van der Waals surface area contributed by atoms with Crippen LogP contribution in [0.25, 0.3) is 11.1 Å². The van der Waals surface area contributed by atoms with Crippen LogP contribution in [0.5, 0.6) is 5.75 Å². The number of hydrogen-bond donors (Lipinski definition) is 0. The molecule has 3 aromatic carbocycles. The molecule has 4 rings (SSSR count). The topological polar surface area (TPSA) is 144 Å². The summed E-state index contributed by atoms with van der Waals surface area (Å²) < 4.78 is 54.8. The molecule has 0 radical (unpaired) electrons. The van der Waals surface area contributed by atoms with E-state index in [0.29, 0.717) is 16.7 Å². The molecule has 1 fully saturated rings. The number of carbonyl (C=O) groups excluding carboxylic acids is 3. The minimum absolute atomic E-state index is 0.0541. The third-order valence-corrected chi connectivity index (χ3v) is 6.92. The van der Waals surface area contributed by atoms with Crippen LogP contribution in [0.2, 0.25) is 0 Å². The molecule has 1 amide bonds. The van der Waals surface area contributed by atoms with Gasteiger partial charge in [-0.1, -0.05) is 30.3 Å². The summed E-state index contributed by atoms with van der Waals surface area (Å²) in [6.07, 6.45) is -5.49. The van der Waals surface area contributed by atoms with Crippen LogP contribution < -0.4 is 4.74 Å². The Labute approximate surface area is 275 Å². The van der Waals surface area contributed by atoms with Gasteiger partial charge in [-0.05, 0) is 88.9 Å². The zero-order chi connectivity index (χ0) is 35.4. The molecule has 0 bridgehead atoms. The summed E-state index contributed by atoms with van der Waals surface area (Å²) in [4.78, 5) is 51.0. The monoisotopic (exact) mass is 670 g/mol. The standard InChI is InChI=1S/C34H36F2N2O10/c1-33(2,3)47-30(39)37-19-28(45-32(41)48-34(4,5)6)29(46-31(40)44-24-14-12-23(13-15-24)38(42)43)27(37)17-20-7-9-21(10-8-20)22-11-16-25(35)26(36)18-22/h7-16,18,27-29H,17,19H2,1-6H3/t27-,28-,29-/m0/s1. The molecule has 3 atom stereocenters. The Hall–Kier alpha value is -5.27. The average molecular weight is 671 g/mol. The van der Waals surface area contributed by atoms with Gasteiger partial charge in [0.05, 0.1) is 17.5 Å². The molecule has 12 nitrogen and oxygen atoms in total. The van der Waals surface area contributed by atoms with Gasteiger partial charge >= 0.3 is 18.4 Å². The largest absolute Gasteiger partial charge is 0.514 e. The van der Waals surface area contributed by atoms with Crippen LogP contribution in [0.4, 0.5) is 28.9 Å². The molecule has 3 aromatic rings. The fraction of sp³-hybridized carbons (Fsp3) is 0.382. The Morgan fingerprint density at radius 2 is 1.42 bits per heavy atom. The Balaban J connectivity index is 1.65. The maximum Gasteiger partial charge on any atom is 0.514 e. The van der Waals surface area contributed by atoms with Gasteiger partial charge in [0.25, 0.3) is 5.69 Å². The van der Waals surface area contributed by atoms with E-state index in [-0.39, 0.29) is 24.4 Å². The number of nitro groups is 1. The number of carbonyl (C=O) groups is 3. The van der Waals surface area contributed by atoms with Crippen LogP contribution in [0, 0.1) is 21.7 Å². The minimum Gasteiger partial charge on any atom is -0.444 e. The van der Waals surface area contributed by atoms with Crippen LogP contribution in [0.1, 0.15) is 47.1 Å². The third-order valence-electron chi connectivity index (χ3n) is 6.92. The number of rotatable bonds is 7. The first-order valence-electron chi connectivity index (χ1n) is 14.9. The average Bonchev–Trinajstić information content (AvgIpc) is 3.29. The fourth-order valence-electron chi connectivity index (χ4n) is 4.89. The van der Waals surface area contributed by atoms with Crippen molar-refractivity contribution in [2.75, 3.05) is 6.54 Å². The molecule has 0 unspecified atom stereocenters. The molecular weight excluding hydrogens is 634 g/mol. The number of halogens is 2. The van der Waals surface area contributed by atoms with E-state index in [9.17, 15) is 33.3 Å². The van der Waals surface area contributed by atoms with Gasteiger partial charge in [0.2, 0.25) is 0 Å². The van der Waals surface area contributed by atoms with Crippen molar-refractivity contribution < 1.29 is 51.8 Å². The van der Waals surface area contributed by atoms with E-state index < -0.39 is 64.4 Å². The number of nitro benzene ring substituents is 1. The Morgan fingerprint density at radius 3 is 1.98 bits per heavy atom. The number of ether oxygens (including phenoxy) is 5. The molecule has 14 heteroatoms. The predicted octanol–water partition coefficient (Wildman–Crippen LogP) is 7.61. The first-order chi connectivity index (χ1) is 22.4. The molecule has 1 heterocycles. The Kier molecular flexibility index (Phi) is 10.6. The van der Waals surface area contributed by atoms with Crippen LogP contribution in [0.15, 0.2) is 66.7 Å². The lowest BCUT2D eigenvalue weighted by molar-refractivity contribution is -0.384. The number of nitrogens with zero attached hydrogens (tertiary/aromatic N) is 2. The summed E-state index contributed by atoms with van der Waals surface area (Å²) in [5.41, 5.74) is -0.351. The molecule has 1 saturated heterocycles. The van der Waals surface area contributed by atoms with E-state index in [0.717, 1.165) is 24.3 Å². The van der Waals surface area contributed by atoms with E-state index in [4.69, 9.17) is 23.7 Å². The van der Waals surface area contributed by atoms with E-state index >= 15 is 0 Å². The number of amides is 1. The lowest BCUT2D eigenvalue weighted by Gasteiger charge is -2.30. The molecule has 0 aliphatic carbocycles. The van der Waals surface area contributed by atoms with Crippen molar-refractivity contribution in [1.82, 2.24) is 4.90 Å². The van der Waals surface area contributed by atoms with Crippen molar-refractivity contribution in [3.8, 4) is 16.9 Å². The van der Waals surface area contributed by atoms with Gasteiger partial charge in [-0.2, -0.15) is 0 Å². The number of likely N-dealkylation sites (tertiary alicyclic amines) is 1. The first-order valence-corrected chi connectivity index (χ1v) is 14.9. The highest BCUT2D eigenvalue weighted by atomic mass is 19.2. The van der Waals surface area contributed by atoms with Gasteiger partial charge < -0.3 is 23.7 Å². The van der Waals surface area contributed by atoms with Crippen LogP contribution in [0.3, 0.4) is 0 Å². The summed E-state index contributed by atoms with van der Waals surface area (Å²) in [7, 11) is 0. The van der Waals surface area contributed by atoms with Gasteiger partial charge in [0, 0.05) is 12.1 Å². The van der Waals surface area contributed by atoms with Crippen LogP contribution in [-0.4, -0.2) is 64.2 Å². The maximum atomic E-state index is 13.9. The number of non-ortho nitro benzene ring substituents is 1. The highest BCUT2D eigenvalue weighted by Crippen LogP contribution is 2.31. The second kappa shape index (κ2) is 14.2. The molecule has 256 valence electrons. The quantitative estimate of drug-likeness (QED) is 0.0810.